The zero-order chi connectivity index (χ0) is 19.5. The SMILES string of the molecule is CC(=N)CC(=O)OCCOCC(C)=Cc1ccc(Cc2cccnc2)cc1. The standard InChI is InChI=1S/C22H26N2O3/c1-17(16-26-10-11-27-22(25)13-18(2)23)12-19-5-7-20(8-6-19)14-21-4-3-9-24-15-21/h3-9,12,15,23H,10-11,13-14,16H2,1-2H3. The van der Waals surface area contributed by atoms with Crippen molar-refractivity contribution in [1.82, 2.24) is 4.98 Å². The van der Waals surface area contributed by atoms with Crippen LogP contribution in [0.1, 0.15) is 37.0 Å². The average Bonchev–Trinajstić information content (AvgIpc) is 2.63. The van der Waals surface area contributed by atoms with Gasteiger partial charge in [-0.3, -0.25) is 9.78 Å². The molecule has 0 atom stereocenters. The number of hydrogen-bond acceptors (Lipinski definition) is 5. The predicted octanol–water partition coefficient (Wildman–Crippen LogP) is 4.07. The van der Waals surface area contributed by atoms with Crippen LogP contribution in [0.2, 0.25) is 0 Å². The van der Waals surface area contributed by atoms with Gasteiger partial charge in [0.25, 0.3) is 0 Å². The van der Waals surface area contributed by atoms with E-state index in [0.717, 1.165) is 17.6 Å². The monoisotopic (exact) mass is 366 g/mol. The van der Waals surface area contributed by atoms with Crippen molar-refractivity contribution in [2.75, 3.05) is 19.8 Å². The summed E-state index contributed by atoms with van der Waals surface area (Å²) in [7, 11) is 0. The largest absolute Gasteiger partial charge is 0.463 e. The Morgan fingerprint density at radius 3 is 2.56 bits per heavy atom. The van der Waals surface area contributed by atoms with Crippen molar-refractivity contribution in [3.63, 3.8) is 0 Å². The molecule has 0 fully saturated rings. The van der Waals surface area contributed by atoms with E-state index in [1.165, 1.54) is 11.1 Å². The minimum Gasteiger partial charge on any atom is -0.463 e. The summed E-state index contributed by atoms with van der Waals surface area (Å²) in [4.78, 5) is 15.4. The highest BCUT2D eigenvalue weighted by Crippen LogP contribution is 2.12. The number of carbonyl (C=O) groups is 1. The van der Waals surface area contributed by atoms with Gasteiger partial charge in [-0.1, -0.05) is 36.4 Å². The Kier molecular flexibility index (Phi) is 8.39. The fourth-order valence-corrected chi connectivity index (χ4v) is 2.51. The lowest BCUT2D eigenvalue weighted by molar-refractivity contribution is -0.143. The fraction of sp³-hybridized carbons (Fsp3) is 0.318. The molecule has 0 bridgehead atoms. The summed E-state index contributed by atoms with van der Waals surface area (Å²) in [5.74, 6) is -0.385. The molecule has 1 aromatic heterocycles. The van der Waals surface area contributed by atoms with Crippen molar-refractivity contribution in [1.29, 1.82) is 5.41 Å². The van der Waals surface area contributed by atoms with Crippen LogP contribution < -0.4 is 0 Å². The van der Waals surface area contributed by atoms with Crippen LogP contribution in [0.4, 0.5) is 0 Å². The molecule has 0 saturated carbocycles. The minimum absolute atomic E-state index is 0.0374. The van der Waals surface area contributed by atoms with E-state index in [1.54, 1.807) is 13.1 Å². The topological polar surface area (TPSA) is 72.3 Å². The molecule has 0 aliphatic carbocycles. The summed E-state index contributed by atoms with van der Waals surface area (Å²) in [6.45, 7) is 4.63. The molecule has 0 aliphatic heterocycles. The van der Waals surface area contributed by atoms with Gasteiger partial charge in [0.05, 0.1) is 19.6 Å². The molecule has 0 spiro atoms. The van der Waals surface area contributed by atoms with E-state index in [4.69, 9.17) is 14.9 Å². The number of pyridine rings is 1. The molecule has 0 saturated heterocycles. The number of aromatic nitrogens is 1. The Morgan fingerprint density at radius 1 is 1.11 bits per heavy atom. The van der Waals surface area contributed by atoms with Gasteiger partial charge in [0.2, 0.25) is 0 Å². The lowest BCUT2D eigenvalue weighted by atomic mass is 10.0. The van der Waals surface area contributed by atoms with Gasteiger partial charge in [-0.15, -0.1) is 0 Å². The maximum Gasteiger partial charge on any atom is 0.311 e. The molecule has 1 aromatic carbocycles. The van der Waals surface area contributed by atoms with Gasteiger partial charge < -0.3 is 14.9 Å². The Bertz CT molecular complexity index is 768. The van der Waals surface area contributed by atoms with Crippen molar-refractivity contribution in [3.8, 4) is 0 Å². The first-order valence-electron chi connectivity index (χ1n) is 8.95. The molecule has 2 aromatic rings. The van der Waals surface area contributed by atoms with E-state index in [0.29, 0.717) is 18.9 Å². The first-order valence-corrected chi connectivity index (χ1v) is 8.95. The number of benzene rings is 1. The lowest BCUT2D eigenvalue weighted by Crippen LogP contribution is -2.13. The molecule has 27 heavy (non-hydrogen) atoms. The smallest absolute Gasteiger partial charge is 0.311 e. The summed E-state index contributed by atoms with van der Waals surface area (Å²) in [6, 6.07) is 12.5. The molecule has 2 rings (SSSR count). The molecule has 142 valence electrons. The maximum atomic E-state index is 11.3. The van der Waals surface area contributed by atoms with Gasteiger partial charge in [0.1, 0.15) is 6.61 Å². The minimum atomic E-state index is -0.385. The third-order valence-electron chi connectivity index (χ3n) is 3.75. The molecule has 1 N–H and O–H groups in total. The maximum absolute atomic E-state index is 11.3. The first-order chi connectivity index (χ1) is 13.0. The molecular formula is C22H26N2O3. The Hall–Kier alpha value is -2.79. The van der Waals surface area contributed by atoms with Crippen LogP contribution in [0.25, 0.3) is 6.08 Å². The van der Waals surface area contributed by atoms with Crippen molar-refractivity contribution in [2.45, 2.75) is 26.7 Å². The fourth-order valence-electron chi connectivity index (χ4n) is 2.51. The van der Waals surface area contributed by atoms with Crippen LogP contribution in [-0.4, -0.2) is 36.5 Å². The summed E-state index contributed by atoms with van der Waals surface area (Å²) in [6.07, 6.45) is 6.66. The van der Waals surface area contributed by atoms with Crippen LogP contribution in [-0.2, 0) is 20.7 Å². The molecular weight excluding hydrogens is 340 g/mol. The molecule has 5 nitrogen and oxygen atoms in total. The lowest BCUT2D eigenvalue weighted by Gasteiger charge is -2.07. The van der Waals surface area contributed by atoms with Gasteiger partial charge in [0.15, 0.2) is 0 Å². The van der Waals surface area contributed by atoms with E-state index in [1.807, 2.05) is 19.2 Å². The van der Waals surface area contributed by atoms with E-state index in [-0.39, 0.29) is 19.0 Å². The number of nitrogens with one attached hydrogen (secondary N) is 1. The number of esters is 1. The second-order valence-corrected chi connectivity index (χ2v) is 6.50. The van der Waals surface area contributed by atoms with Crippen LogP contribution in [0, 0.1) is 5.41 Å². The average molecular weight is 366 g/mol. The van der Waals surface area contributed by atoms with E-state index in [2.05, 4.69) is 41.4 Å². The summed E-state index contributed by atoms with van der Waals surface area (Å²) >= 11 is 0. The van der Waals surface area contributed by atoms with Gasteiger partial charge in [-0.25, -0.2) is 0 Å². The summed E-state index contributed by atoms with van der Waals surface area (Å²) in [5.41, 5.74) is 4.96. The number of ether oxygens (including phenoxy) is 2. The van der Waals surface area contributed by atoms with Crippen LogP contribution in [0.5, 0.6) is 0 Å². The number of rotatable bonds is 10. The first kappa shape index (κ1) is 20.5. The molecule has 0 radical (unpaired) electrons. The Balaban J connectivity index is 1.72. The summed E-state index contributed by atoms with van der Waals surface area (Å²) < 4.78 is 10.5. The van der Waals surface area contributed by atoms with Gasteiger partial charge in [-0.2, -0.15) is 0 Å². The van der Waals surface area contributed by atoms with E-state index < -0.39 is 0 Å². The van der Waals surface area contributed by atoms with Gasteiger partial charge in [0, 0.05) is 18.1 Å². The van der Waals surface area contributed by atoms with E-state index in [9.17, 15) is 4.79 Å². The highest BCUT2D eigenvalue weighted by molar-refractivity contribution is 5.95. The second kappa shape index (κ2) is 11.0. The van der Waals surface area contributed by atoms with Crippen LogP contribution in [0.15, 0.2) is 54.4 Å². The van der Waals surface area contributed by atoms with Gasteiger partial charge >= 0.3 is 5.97 Å². The zero-order valence-corrected chi connectivity index (χ0v) is 15.9. The van der Waals surface area contributed by atoms with Crippen molar-refractivity contribution >= 4 is 17.8 Å². The third-order valence-corrected chi connectivity index (χ3v) is 3.75. The van der Waals surface area contributed by atoms with Crippen LogP contribution >= 0.6 is 0 Å². The quantitative estimate of drug-likeness (QED) is 0.391. The predicted molar refractivity (Wildman–Crippen MR) is 107 cm³/mol. The molecule has 0 unspecified atom stereocenters. The molecule has 0 amide bonds. The Labute approximate surface area is 160 Å². The molecule has 1 heterocycles. The van der Waals surface area contributed by atoms with Crippen molar-refractivity contribution in [2.24, 2.45) is 0 Å². The summed E-state index contributed by atoms with van der Waals surface area (Å²) in [5, 5.41) is 7.23. The molecule has 0 aliphatic rings. The zero-order valence-electron chi connectivity index (χ0n) is 15.9. The van der Waals surface area contributed by atoms with Crippen LogP contribution in [0.3, 0.4) is 0 Å². The van der Waals surface area contributed by atoms with Gasteiger partial charge in [-0.05, 0) is 48.6 Å². The van der Waals surface area contributed by atoms with Crippen molar-refractivity contribution in [3.05, 3.63) is 71.1 Å². The van der Waals surface area contributed by atoms with Crippen molar-refractivity contribution < 1.29 is 14.3 Å². The highest BCUT2D eigenvalue weighted by atomic mass is 16.6. The second-order valence-electron chi connectivity index (χ2n) is 6.50. The third kappa shape index (κ3) is 8.42. The van der Waals surface area contributed by atoms with E-state index >= 15 is 0 Å². The normalized spacial score (nSPS) is 11.3. The Morgan fingerprint density at radius 2 is 1.89 bits per heavy atom. The number of carbonyl (C=O) groups excluding carboxylic acids is 1. The highest BCUT2D eigenvalue weighted by Gasteiger charge is 2.03. The number of nitrogens with zero attached hydrogens (tertiary/aromatic N) is 1. The number of hydrogen-bond donors (Lipinski definition) is 1. The molecule has 5 heteroatoms.